The Morgan fingerprint density at radius 2 is 1.70 bits per heavy atom. The van der Waals surface area contributed by atoms with Crippen molar-refractivity contribution < 1.29 is 5.11 Å². The number of piperazine rings is 1. The lowest BCUT2D eigenvalue weighted by molar-refractivity contribution is 0.102. The average Bonchev–Trinajstić information content (AvgIpc) is 2.62. The molecule has 1 unspecified atom stereocenters. The first-order chi connectivity index (χ1) is 11.4. The van der Waals surface area contributed by atoms with Gasteiger partial charge in [-0.2, -0.15) is 0 Å². The van der Waals surface area contributed by atoms with Gasteiger partial charge in [0.1, 0.15) is 0 Å². The molecule has 128 valence electrons. The lowest BCUT2D eigenvalue weighted by Crippen LogP contribution is -2.50. The van der Waals surface area contributed by atoms with E-state index in [2.05, 4.69) is 45.0 Å². The monoisotopic (exact) mass is 317 g/mol. The number of piperidine rings is 1. The zero-order chi connectivity index (χ0) is 15.9. The van der Waals surface area contributed by atoms with Crippen LogP contribution in [-0.2, 0) is 0 Å². The Morgan fingerprint density at radius 1 is 0.913 bits per heavy atom. The van der Waals surface area contributed by atoms with E-state index in [1.165, 1.54) is 38.0 Å². The highest BCUT2D eigenvalue weighted by Gasteiger charge is 2.23. The number of rotatable bonds is 6. The number of nitrogens with zero attached hydrogens (tertiary/aromatic N) is 3. The summed E-state index contributed by atoms with van der Waals surface area (Å²) in [7, 11) is 0. The molecule has 0 bridgehead atoms. The highest BCUT2D eigenvalue weighted by atomic mass is 16.3. The molecule has 3 rings (SSSR count). The van der Waals surface area contributed by atoms with Crippen molar-refractivity contribution in [1.82, 2.24) is 9.80 Å². The predicted octanol–water partition coefficient (Wildman–Crippen LogP) is 2.05. The number of anilines is 1. The van der Waals surface area contributed by atoms with Gasteiger partial charge in [0.25, 0.3) is 0 Å². The maximum Gasteiger partial charge on any atom is 0.0445 e. The molecule has 4 heteroatoms. The zero-order valence-electron chi connectivity index (χ0n) is 14.2. The van der Waals surface area contributed by atoms with Crippen molar-refractivity contribution >= 4 is 5.69 Å². The Balaban J connectivity index is 1.42. The van der Waals surface area contributed by atoms with Crippen molar-refractivity contribution in [2.24, 2.45) is 0 Å². The average molecular weight is 317 g/mol. The van der Waals surface area contributed by atoms with Gasteiger partial charge in [0, 0.05) is 57.6 Å². The Hall–Kier alpha value is -1.10. The van der Waals surface area contributed by atoms with Crippen molar-refractivity contribution in [2.45, 2.75) is 31.7 Å². The van der Waals surface area contributed by atoms with E-state index < -0.39 is 0 Å². The molecular weight excluding hydrogens is 286 g/mol. The van der Waals surface area contributed by atoms with Crippen molar-refractivity contribution in [1.29, 1.82) is 0 Å². The van der Waals surface area contributed by atoms with Crippen LogP contribution in [0.2, 0.25) is 0 Å². The summed E-state index contributed by atoms with van der Waals surface area (Å²) in [5.74, 6) is 0. The highest BCUT2D eigenvalue weighted by Crippen LogP contribution is 2.20. The van der Waals surface area contributed by atoms with Crippen LogP contribution >= 0.6 is 0 Å². The topological polar surface area (TPSA) is 30.0 Å². The first kappa shape index (κ1) is 16.7. The largest absolute Gasteiger partial charge is 0.396 e. The van der Waals surface area contributed by atoms with Gasteiger partial charge in [0.2, 0.25) is 0 Å². The molecule has 1 N–H and O–H groups in total. The second-order valence-corrected chi connectivity index (χ2v) is 6.86. The van der Waals surface area contributed by atoms with E-state index in [0.717, 1.165) is 39.1 Å². The summed E-state index contributed by atoms with van der Waals surface area (Å²) in [5.41, 5.74) is 1.35. The minimum Gasteiger partial charge on any atom is -0.396 e. The number of likely N-dealkylation sites (tertiary alicyclic amines) is 1. The third kappa shape index (κ3) is 4.69. The maximum atomic E-state index is 9.25. The molecule has 2 heterocycles. The van der Waals surface area contributed by atoms with Crippen LogP contribution in [0.5, 0.6) is 0 Å². The molecule has 23 heavy (non-hydrogen) atoms. The molecule has 0 saturated carbocycles. The fraction of sp³-hybridized carbons (Fsp3) is 0.684. The third-order valence-electron chi connectivity index (χ3n) is 5.41. The van der Waals surface area contributed by atoms with Gasteiger partial charge in [0.15, 0.2) is 0 Å². The molecule has 1 atom stereocenters. The Morgan fingerprint density at radius 3 is 2.43 bits per heavy atom. The second-order valence-electron chi connectivity index (χ2n) is 6.86. The first-order valence-electron chi connectivity index (χ1n) is 9.24. The summed E-state index contributed by atoms with van der Waals surface area (Å²) in [6.07, 6.45) is 4.87. The fourth-order valence-electron chi connectivity index (χ4n) is 3.97. The van der Waals surface area contributed by atoms with Gasteiger partial charge >= 0.3 is 0 Å². The van der Waals surface area contributed by atoms with Crippen LogP contribution in [0, 0.1) is 0 Å². The summed E-state index contributed by atoms with van der Waals surface area (Å²) < 4.78 is 0. The minimum atomic E-state index is 0.330. The van der Waals surface area contributed by atoms with Crippen LogP contribution < -0.4 is 4.90 Å². The molecule has 0 amide bonds. The van der Waals surface area contributed by atoms with Crippen LogP contribution in [-0.4, -0.2) is 73.4 Å². The predicted molar refractivity (Wildman–Crippen MR) is 96.0 cm³/mol. The van der Waals surface area contributed by atoms with Gasteiger partial charge in [-0.15, -0.1) is 0 Å². The van der Waals surface area contributed by atoms with Crippen molar-refractivity contribution in [3.05, 3.63) is 30.3 Å². The Bertz CT molecular complexity index is 443. The van der Waals surface area contributed by atoms with Crippen molar-refractivity contribution in [3.63, 3.8) is 0 Å². The van der Waals surface area contributed by atoms with E-state index in [0.29, 0.717) is 12.6 Å². The Labute approximate surface area is 140 Å². The molecule has 2 aliphatic rings. The van der Waals surface area contributed by atoms with Crippen LogP contribution in [0.3, 0.4) is 0 Å². The SMILES string of the molecule is OCCC1CCCCN1CCN1CCN(c2ccccc2)CC1. The van der Waals surface area contributed by atoms with Gasteiger partial charge in [-0.1, -0.05) is 24.6 Å². The smallest absolute Gasteiger partial charge is 0.0445 e. The molecule has 0 aromatic heterocycles. The highest BCUT2D eigenvalue weighted by molar-refractivity contribution is 5.46. The molecule has 1 aromatic rings. The Kier molecular flexibility index (Phi) is 6.31. The maximum absolute atomic E-state index is 9.25. The number of para-hydroxylation sites is 1. The van der Waals surface area contributed by atoms with Crippen LogP contribution in [0.4, 0.5) is 5.69 Å². The summed E-state index contributed by atoms with van der Waals surface area (Å²) in [6.45, 7) is 8.46. The number of aliphatic hydroxyl groups is 1. The summed E-state index contributed by atoms with van der Waals surface area (Å²) >= 11 is 0. The van der Waals surface area contributed by atoms with Crippen LogP contribution in [0.1, 0.15) is 25.7 Å². The quantitative estimate of drug-likeness (QED) is 0.870. The van der Waals surface area contributed by atoms with Crippen molar-refractivity contribution in [2.75, 3.05) is 57.3 Å². The van der Waals surface area contributed by atoms with E-state index in [1.807, 2.05) is 0 Å². The zero-order valence-corrected chi connectivity index (χ0v) is 14.2. The number of benzene rings is 1. The van der Waals surface area contributed by atoms with Gasteiger partial charge in [0.05, 0.1) is 0 Å². The number of hydrogen-bond donors (Lipinski definition) is 1. The molecule has 0 spiro atoms. The lowest BCUT2D eigenvalue weighted by Gasteiger charge is -2.39. The van der Waals surface area contributed by atoms with Gasteiger partial charge < -0.3 is 10.0 Å². The number of aliphatic hydroxyl groups excluding tert-OH is 1. The molecule has 2 saturated heterocycles. The summed E-state index contributed by atoms with van der Waals surface area (Å²) in [5, 5.41) is 9.25. The number of hydrogen-bond acceptors (Lipinski definition) is 4. The van der Waals surface area contributed by atoms with Gasteiger partial charge in [-0.05, 0) is 37.9 Å². The summed E-state index contributed by atoms with van der Waals surface area (Å²) in [4.78, 5) is 7.71. The van der Waals surface area contributed by atoms with Gasteiger partial charge in [-0.3, -0.25) is 9.80 Å². The molecule has 2 fully saturated rings. The molecule has 4 nitrogen and oxygen atoms in total. The first-order valence-corrected chi connectivity index (χ1v) is 9.24. The second kappa shape index (κ2) is 8.67. The van der Waals surface area contributed by atoms with E-state index in [1.54, 1.807) is 0 Å². The van der Waals surface area contributed by atoms with Gasteiger partial charge in [-0.25, -0.2) is 0 Å². The van der Waals surface area contributed by atoms with E-state index in [4.69, 9.17) is 0 Å². The molecule has 0 radical (unpaired) electrons. The molecule has 2 aliphatic heterocycles. The van der Waals surface area contributed by atoms with Crippen LogP contribution in [0.15, 0.2) is 30.3 Å². The normalized spacial score (nSPS) is 24.0. The van der Waals surface area contributed by atoms with E-state index in [-0.39, 0.29) is 0 Å². The van der Waals surface area contributed by atoms with E-state index in [9.17, 15) is 5.11 Å². The van der Waals surface area contributed by atoms with Crippen LogP contribution in [0.25, 0.3) is 0 Å². The fourth-order valence-corrected chi connectivity index (χ4v) is 3.97. The third-order valence-corrected chi connectivity index (χ3v) is 5.41. The molecule has 1 aromatic carbocycles. The lowest BCUT2D eigenvalue weighted by atomic mass is 10.00. The minimum absolute atomic E-state index is 0.330. The van der Waals surface area contributed by atoms with Crippen molar-refractivity contribution in [3.8, 4) is 0 Å². The molecular formula is C19H31N3O. The van der Waals surface area contributed by atoms with E-state index >= 15 is 0 Å². The standard InChI is InChI=1S/C19H31N3O/c23-17-9-19-8-4-5-10-21(19)14-11-20-12-15-22(16-13-20)18-6-2-1-3-7-18/h1-3,6-7,19,23H,4-5,8-17H2. The molecule has 0 aliphatic carbocycles. The summed E-state index contributed by atoms with van der Waals surface area (Å²) in [6, 6.07) is 11.4.